The van der Waals surface area contributed by atoms with E-state index in [2.05, 4.69) is 10.3 Å². The Morgan fingerprint density at radius 1 is 1.03 bits per heavy atom. The predicted octanol–water partition coefficient (Wildman–Crippen LogP) is 6.08. The molecular formula is C25H20ClFN2O3. The summed E-state index contributed by atoms with van der Waals surface area (Å²) in [7, 11) is 0. The summed E-state index contributed by atoms with van der Waals surface area (Å²) < 4.78 is 19.9. The van der Waals surface area contributed by atoms with Crippen LogP contribution in [0.3, 0.4) is 0 Å². The Morgan fingerprint density at radius 3 is 2.38 bits per heavy atom. The number of ketones is 1. The minimum atomic E-state index is -0.558. The van der Waals surface area contributed by atoms with Crippen LogP contribution in [0, 0.1) is 5.82 Å². The van der Waals surface area contributed by atoms with Crippen LogP contribution < -0.4 is 15.6 Å². The van der Waals surface area contributed by atoms with E-state index in [0.717, 1.165) is 0 Å². The predicted molar refractivity (Wildman–Crippen MR) is 125 cm³/mol. The number of fused-ring (bicyclic) bond motifs is 1. The van der Waals surface area contributed by atoms with Crippen LogP contribution in [0.25, 0.3) is 10.8 Å². The van der Waals surface area contributed by atoms with Gasteiger partial charge in [0.25, 0.3) is 5.56 Å². The van der Waals surface area contributed by atoms with Gasteiger partial charge in [0.15, 0.2) is 17.3 Å². The maximum absolute atomic E-state index is 14.5. The van der Waals surface area contributed by atoms with Crippen LogP contribution in [0.1, 0.15) is 29.8 Å². The lowest BCUT2D eigenvalue weighted by atomic mass is 9.98. The second-order valence-corrected chi connectivity index (χ2v) is 7.96. The van der Waals surface area contributed by atoms with E-state index in [4.69, 9.17) is 16.3 Å². The largest absolute Gasteiger partial charge is 0.488 e. The molecule has 0 aliphatic carbocycles. The number of anilines is 2. The van der Waals surface area contributed by atoms with Crippen LogP contribution in [0.5, 0.6) is 5.75 Å². The van der Waals surface area contributed by atoms with E-state index in [1.165, 1.54) is 12.1 Å². The molecule has 4 aromatic rings. The number of ether oxygens (including phenoxy) is 1. The molecule has 7 heteroatoms. The highest BCUT2D eigenvalue weighted by atomic mass is 35.5. The molecule has 0 amide bonds. The summed E-state index contributed by atoms with van der Waals surface area (Å²) in [6, 6.07) is 17.7. The van der Waals surface area contributed by atoms with Gasteiger partial charge in [-0.25, -0.2) is 4.39 Å². The van der Waals surface area contributed by atoms with Gasteiger partial charge in [0, 0.05) is 33.1 Å². The highest BCUT2D eigenvalue weighted by molar-refractivity contribution is 6.30. The first-order chi connectivity index (χ1) is 15.3. The molecule has 1 heterocycles. The Balaban J connectivity index is 1.83. The number of benzene rings is 3. The van der Waals surface area contributed by atoms with E-state index in [1.807, 2.05) is 0 Å². The molecule has 4 rings (SSSR count). The molecule has 162 valence electrons. The second kappa shape index (κ2) is 8.85. The number of pyridine rings is 1. The maximum atomic E-state index is 14.5. The normalized spacial score (nSPS) is 11.0. The van der Waals surface area contributed by atoms with Gasteiger partial charge in [-0.1, -0.05) is 29.8 Å². The lowest BCUT2D eigenvalue weighted by Gasteiger charge is -2.15. The minimum absolute atomic E-state index is 0.120. The van der Waals surface area contributed by atoms with Crippen LogP contribution in [0.4, 0.5) is 15.9 Å². The van der Waals surface area contributed by atoms with E-state index >= 15 is 0 Å². The first kappa shape index (κ1) is 21.6. The third-order valence-corrected chi connectivity index (χ3v) is 5.08. The van der Waals surface area contributed by atoms with Crippen molar-refractivity contribution in [3.8, 4) is 5.75 Å². The molecule has 2 N–H and O–H groups in total. The van der Waals surface area contributed by atoms with E-state index in [1.54, 1.807) is 68.4 Å². The molecule has 0 radical (unpaired) electrons. The number of rotatable bonds is 6. The lowest BCUT2D eigenvalue weighted by Crippen LogP contribution is -2.16. The summed E-state index contributed by atoms with van der Waals surface area (Å²) in [5.74, 6) is -0.574. The average Bonchev–Trinajstić information content (AvgIpc) is 2.76. The SMILES string of the molecule is CC(C)Oc1ccc(Nc2[nH]c(=O)c3ccccc3c2C(=O)c2ccc(Cl)cc2)cc1F. The second-order valence-electron chi connectivity index (χ2n) is 7.52. The van der Waals surface area contributed by atoms with Crippen molar-refractivity contribution < 1.29 is 13.9 Å². The van der Waals surface area contributed by atoms with Crippen LogP contribution >= 0.6 is 11.6 Å². The fourth-order valence-electron chi connectivity index (χ4n) is 3.42. The number of halogens is 2. The third-order valence-electron chi connectivity index (χ3n) is 4.83. The maximum Gasteiger partial charge on any atom is 0.257 e. The van der Waals surface area contributed by atoms with Crippen molar-refractivity contribution >= 4 is 39.7 Å². The van der Waals surface area contributed by atoms with Crippen molar-refractivity contribution in [2.45, 2.75) is 20.0 Å². The van der Waals surface area contributed by atoms with Gasteiger partial charge in [0.05, 0.1) is 11.7 Å². The van der Waals surface area contributed by atoms with Gasteiger partial charge in [-0.05, 0) is 56.3 Å². The van der Waals surface area contributed by atoms with Crippen LogP contribution in [0.2, 0.25) is 5.02 Å². The van der Waals surface area contributed by atoms with Gasteiger partial charge in [-0.2, -0.15) is 0 Å². The fraction of sp³-hybridized carbons (Fsp3) is 0.120. The van der Waals surface area contributed by atoms with Gasteiger partial charge in [-0.3, -0.25) is 9.59 Å². The van der Waals surface area contributed by atoms with E-state index in [-0.39, 0.29) is 34.6 Å². The van der Waals surface area contributed by atoms with Crippen LogP contribution in [-0.4, -0.2) is 16.9 Å². The van der Waals surface area contributed by atoms with E-state index in [9.17, 15) is 14.0 Å². The van der Waals surface area contributed by atoms with Crippen molar-refractivity contribution in [1.82, 2.24) is 4.98 Å². The monoisotopic (exact) mass is 450 g/mol. The molecule has 0 saturated carbocycles. The molecule has 0 aliphatic rings. The molecular weight excluding hydrogens is 431 g/mol. The number of aromatic nitrogens is 1. The number of nitrogens with one attached hydrogen (secondary N) is 2. The Morgan fingerprint density at radius 2 is 1.72 bits per heavy atom. The Hall–Kier alpha value is -3.64. The molecule has 0 fully saturated rings. The van der Waals surface area contributed by atoms with Gasteiger partial charge in [0.1, 0.15) is 5.82 Å². The molecule has 0 spiro atoms. The zero-order chi connectivity index (χ0) is 22.8. The number of hydrogen-bond donors (Lipinski definition) is 2. The molecule has 1 aromatic heterocycles. The van der Waals surface area contributed by atoms with Gasteiger partial charge < -0.3 is 15.0 Å². The molecule has 5 nitrogen and oxygen atoms in total. The number of carbonyl (C=O) groups excluding carboxylic acids is 1. The van der Waals surface area contributed by atoms with Gasteiger partial charge in [0.2, 0.25) is 0 Å². The zero-order valence-electron chi connectivity index (χ0n) is 17.4. The van der Waals surface area contributed by atoms with E-state index in [0.29, 0.717) is 27.0 Å². The number of H-pyrrole nitrogens is 1. The molecule has 0 saturated heterocycles. The zero-order valence-corrected chi connectivity index (χ0v) is 18.2. The number of carbonyl (C=O) groups is 1. The summed E-state index contributed by atoms with van der Waals surface area (Å²) in [5, 5.41) is 4.36. The Bertz CT molecular complexity index is 1360. The lowest BCUT2D eigenvalue weighted by molar-refractivity contribution is 0.104. The number of hydrogen-bond acceptors (Lipinski definition) is 4. The van der Waals surface area contributed by atoms with Gasteiger partial charge >= 0.3 is 0 Å². The minimum Gasteiger partial charge on any atom is -0.488 e. The number of aromatic amines is 1. The quantitative estimate of drug-likeness (QED) is 0.349. The van der Waals surface area contributed by atoms with Crippen LogP contribution in [-0.2, 0) is 0 Å². The Kier molecular flexibility index (Phi) is 5.97. The summed E-state index contributed by atoms with van der Waals surface area (Å²) in [5.41, 5.74) is 0.664. The highest BCUT2D eigenvalue weighted by Crippen LogP contribution is 2.29. The standard InChI is InChI=1S/C25H20ClFN2O3/c1-14(2)32-21-12-11-17(13-20(21)27)28-24-22(23(30)15-7-9-16(26)10-8-15)18-5-3-4-6-19(18)25(31)29-24/h3-14H,1-2H3,(H2,28,29,31). The van der Waals surface area contributed by atoms with Crippen molar-refractivity contribution in [2.24, 2.45) is 0 Å². The smallest absolute Gasteiger partial charge is 0.257 e. The molecule has 32 heavy (non-hydrogen) atoms. The van der Waals surface area contributed by atoms with Crippen molar-refractivity contribution in [3.63, 3.8) is 0 Å². The molecule has 3 aromatic carbocycles. The highest BCUT2D eigenvalue weighted by Gasteiger charge is 2.20. The first-order valence-electron chi connectivity index (χ1n) is 10.0. The molecule has 0 bridgehead atoms. The van der Waals surface area contributed by atoms with E-state index < -0.39 is 5.82 Å². The summed E-state index contributed by atoms with van der Waals surface area (Å²) in [4.78, 5) is 28.8. The summed E-state index contributed by atoms with van der Waals surface area (Å²) >= 11 is 5.96. The first-order valence-corrected chi connectivity index (χ1v) is 10.4. The van der Waals surface area contributed by atoms with Crippen molar-refractivity contribution in [2.75, 3.05) is 5.32 Å². The van der Waals surface area contributed by atoms with Crippen molar-refractivity contribution in [1.29, 1.82) is 0 Å². The topological polar surface area (TPSA) is 71.2 Å². The fourth-order valence-corrected chi connectivity index (χ4v) is 3.55. The van der Waals surface area contributed by atoms with Crippen LogP contribution in [0.15, 0.2) is 71.5 Å². The van der Waals surface area contributed by atoms with Gasteiger partial charge in [-0.15, -0.1) is 0 Å². The third kappa shape index (κ3) is 4.36. The Labute approximate surface area is 188 Å². The van der Waals surface area contributed by atoms with Crippen molar-refractivity contribution in [3.05, 3.63) is 99.1 Å². The summed E-state index contributed by atoms with van der Waals surface area (Å²) in [6.07, 6.45) is -0.177. The average molecular weight is 451 g/mol. The molecule has 0 atom stereocenters. The molecule has 0 unspecified atom stereocenters. The summed E-state index contributed by atoms with van der Waals surface area (Å²) in [6.45, 7) is 3.61. The molecule has 0 aliphatic heterocycles.